The van der Waals surface area contributed by atoms with Crippen molar-refractivity contribution in [1.82, 2.24) is 10.1 Å². The molecule has 31 heavy (non-hydrogen) atoms. The zero-order chi connectivity index (χ0) is 22.1. The van der Waals surface area contributed by atoms with Crippen molar-refractivity contribution in [2.24, 2.45) is 0 Å². The number of carbonyl (C=O) groups is 2. The topological polar surface area (TPSA) is 94.3 Å². The summed E-state index contributed by atoms with van der Waals surface area (Å²) in [6.07, 6.45) is 0. The maximum absolute atomic E-state index is 13.3. The van der Waals surface area contributed by atoms with Crippen LogP contribution >= 0.6 is 11.6 Å². The van der Waals surface area contributed by atoms with Crippen LogP contribution in [0.1, 0.15) is 26.4 Å². The summed E-state index contributed by atoms with van der Waals surface area (Å²) in [5.74, 6) is -1.48. The van der Waals surface area contributed by atoms with Crippen molar-refractivity contribution in [1.29, 1.82) is 0 Å². The second kappa shape index (κ2) is 8.16. The Hall–Kier alpha value is -3.78. The lowest BCUT2D eigenvalue weighted by Gasteiger charge is -2.10. The van der Waals surface area contributed by atoms with E-state index < -0.39 is 11.9 Å². The van der Waals surface area contributed by atoms with Crippen molar-refractivity contribution in [2.45, 2.75) is 6.92 Å². The molecule has 1 amide bonds. The van der Waals surface area contributed by atoms with E-state index in [1.807, 2.05) is 0 Å². The maximum Gasteiger partial charge on any atom is 0.339 e. The number of benzene rings is 2. The van der Waals surface area contributed by atoms with Crippen LogP contribution in [-0.4, -0.2) is 29.1 Å². The molecule has 0 aliphatic carbocycles. The fourth-order valence-corrected chi connectivity index (χ4v) is 3.30. The Morgan fingerprint density at radius 1 is 1.10 bits per heavy atom. The van der Waals surface area contributed by atoms with E-state index in [0.717, 1.165) is 0 Å². The molecule has 9 heteroatoms. The lowest BCUT2D eigenvalue weighted by Crippen LogP contribution is -2.14. The molecule has 4 aromatic rings. The first kappa shape index (κ1) is 20.5. The number of ether oxygens (including phenoxy) is 1. The molecular weight excluding hydrogens is 425 g/mol. The van der Waals surface area contributed by atoms with Crippen LogP contribution < -0.4 is 5.32 Å². The van der Waals surface area contributed by atoms with Crippen LogP contribution in [-0.2, 0) is 4.74 Å². The van der Waals surface area contributed by atoms with E-state index in [0.29, 0.717) is 28.0 Å². The van der Waals surface area contributed by atoms with Gasteiger partial charge in [-0.2, -0.15) is 0 Å². The molecule has 0 radical (unpaired) electrons. The smallest absolute Gasteiger partial charge is 0.339 e. The zero-order valence-electron chi connectivity index (χ0n) is 16.4. The summed E-state index contributed by atoms with van der Waals surface area (Å²) < 4.78 is 23.3. The molecule has 0 saturated carbocycles. The summed E-state index contributed by atoms with van der Waals surface area (Å²) in [4.78, 5) is 29.4. The minimum Gasteiger partial charge on any atom is -0.465 e. The van der Waals surface area contributed by atoms with Crippen molar-refractivity contribution in [3.8, 4) is 11.3 Å². The van der Waals surface area contributed by atoms with Gasteiger partial charge in [0.2, 0.25) is 0 Å². The van der Waals surface area contributed by atoms with Gasteiger partial charge in [0.25, 0.3) is 11.6 Å². The minimum atomic E-state index is -0.624. The first-order valence-corrected chi connectivity index (χ1v) is 9.47. The van der Waals surface area contributed by atoms with E-state index in [9.17, 15) is 14.0 Å². The highest BCUT2D eigenvalue weighted by Gasteiger charge is 2.20. The lowest BCUT2D eigenvalue weighted by molar-refractivity contribution is 0.0600. The van der Waals surface area contributed by atoms with Gasteiger partial charge in [0.05, 0.1) is 40.0 Å². The summed E-state index contributed by atoms with van der Waals surface area (Å²) in [6, 6.07) is 11.8. The van der Waals surface area contributed by atoms with Gasteiger partial charge in [-0.3, -0.25) is 4.79 Å². The molecule has 0 fully saturated rings. The highest BCUT2D eigenvalue weighted by Crippen LogP contribution is 2.28. The molecular formula is C22H15ClFN3O4. The van der Waals surface area contributed by atoms with Crippen molar-refractivity contribution >= 4 is 40.3 Å². The standard InChI is InChI=1S/C22H15ClFN3O4/c1-11-19-16(20(28)25-14-7-8-17(23)15(9-14)22(29)30-2)10-18(26-21(19)31-27-11)12-3-5-13(24)6-4-12/h3-10H,1-2H3,(H,25,28). The van der Waals surface area contributed by atoms with Crippen molar-refractivity contribution in [3.05, 3.63) is 76.2 Å². The summed E-state index contributed by atoms with van der Waals surface area (Å²) >= 11 is 6.04. The summed E-state index contributed by atoms with van der Waals surface area (Å²) in [5.41, 5.74) is 2.41. The third kappa shape index (κ3) is 3.97. The van der Waals surface area contributed by atoms with Crippen LogP contribution in [0.3, 0.4) is 0 Å². The van der Waals surface area contributed by atoms with Crippen molar-refractivity contribution in [3.63, 3.8) is 0 Å². The van der Waals surface area contributed by atoms with Gasteiger partial charge < -0.3 is 14.6 Å². The number of pyridine rings is 1. The Kier molecular flexibility index (Phi) is 5.39. The molecule has 2 aromatic carbocycles. The van der Waals surface area contributed by atoms with E-state index in [2.05, 4.69) is 15.5 Å². The number of rotatable bonds is 4. The van der Waals surface area contributed by atoms with Gasteiger partial charge >= 0.3 is 5.97 Å². The number of halogens is 2. The third-order valence-corrected chi connectivity index (χ3v) is 4.96. The van der Waals surface area contributed by atoms with Crippen LogP contribution in [0, 0.1) is 12.7 Å². The highest BCUT2D eigenvalue weighted by molar-refractivity contribution is 6.33. The molecule has 0 bridgehead atoms. The number of carbonyl (C=O) groups excluding carboxylic acids is 2. The van der Waals surface area contributed by atoms with Crippen LogP contribution in [0.4, 0.5) is 10.1 Å². The largest absolute Gasteiger partial charge is 0.465 e. The van der Waals surface area contributed by atoms with Gasteiger partial charge in [-0.15, -0.1) is 0 Å². The Bertz CT molecular complexity index is 1320. The summed E-state index contributed by atoms with van der Waals surface area (Å²) in [7, 11) is 1.24. The number of nitrogens with one attached hydrogen (secondary N) is 1. The average molecular weight is 440 g/mol. The monoisotopic (exact) mass is 439 g/mol. The molecule has 156 valence electrons. The van der Waals surface area contributed by atoms with Gasteiger partial charge in [0.15, 0.2) is 0 Å². The predicted octanol–water partition coefficient (Wildman–Crippen LogP) is 5.03. The Balaban J connectivity index is 1.76. The number of esters is 1. The van der Waals surface area contributed by atoms with Crippen LogP contribution in [0.25, 0.3) is 22.4 Å². The van der Waals surface area contributed by atoms with Crippen LogP contribution in [0.15, 0.2) is 53.1 Å². The van der Waals surface area contributed by atoms with Crippen LogP contribution in [0.5, 0.6) is 0 Å². The predicted molar refractivity (Wildman–Crippen MR) is 113 cm³/mol. The molecule has 0 unspecified atom stereocenters. The van der Waals surface area contributed by atoms with E-state index in [-0.39, 0.29) is 27.7 Å². The number of amides is 1. The number of hydrogen-bond acceptors (Lipinski definition) is 6. The van der Waals surface area contributed by atoms with Gasteiger partial charge in [-0.1, -0.05) is 16.8 Å². The van der Waals surface area contributed by atoms with Gasteiger partial charge in [-0.25, -0.2) is 14.2 Å². The zero-order valence-corrected chi connectivity index (χ0v) is 17.2. The minimum absolute atomic E-state index is 0.120. The second-order valence-electron chi connectivity index (χ2n) is 6.65. The third-order valence-electron chi connectivity index (χ3n) is 4.63. The molecule has 0 spiro atoms. The number of fused-ring (bicyclic) bond motifs is 1. The second-order valence-corrected chi connectivity index (χ2v) is 7.06. The summed E-state index contributed by atoms with van der Waals surface area (Å²) in [5, 5.41) is 7.29. The van der Waals surface area contributed by atoms with Gasteiger partial charge in [-0.05, 0) is 55.5 Å². The molecule has 0 saturated heterocycles. The molecule has 0 atom stereocenters. The first-order chi connectivity index (χ1) is 14.9. The quantitative estimate of drug-likeness (QED) is 0.448. The van der Waals surface area contributed by atoms with E-state index in [4.69, 9.17) is 20.9 Å². The van der Waals surface area contributed by atoms with E-state index in [1.54, 1.807) is 31.2 Å². The first-order valence-electron chi connectivity index (χ1n) is 9.09. The molecule has 0 aliphatic rings. The fraction of sp³-hybridized carbons (Fsp3) is 0.0909. The van der Waals surface area contributed by atoms with Crippen molar-refractivity contribution < 1.29 is 23.2 Å². The summed E-state index contributed by atoms with van der Waals surface area (Å²) in [6.45, 7) is 1.69. The maximum atomic E-state index is 13.3. The van der Waals surface area contributed by atoms with E-state index >= 15 is 0 Å². The number of aryl methyl sites for hydroxylation is 1. The molecule has 7 nitrogen and oxygen atoms in total. The van der Waals surface area contributed by atoms with Gasteiger partial charge in [0.1, 0.15) is 5.82 Å². The highest BCUT2D eigenvalue weighted by atomic mass is 35.5. The van der Waals surface area contributed by atoms with Gasteiger partial charge in [0, 0.05) is 11.3 Å². The lowest BCUT2D eigenvalue weighted by atomic mass is 10.0. The molecule has 2 aromatic heterocycles. The SMILES string of the molecule is COC(=O)c1cc(NC(=O)c2cc(-c3ccc(F)cc3)nc3onc(C)c23)ccc1Cl. The fourth-order valence-electron chi connectivity index (χ4n) is 3.11. The number of methoxy groups -OCH3 is 1. The van der Waals surface area contributed by atoms with Crippen molar-refractivity contribution in [2.75, 3.05) is 12.4 Å². The Labute approximate surface area is 180 Å². The molecule has 1 N–H and O–H groups in total. The van der Waals surface area contributed by atoms with E-state index in [1.165, 1.54) is 31.4 Å². The average Bonchev–Trinajstić information content (AvgIpc) is 3.15. The normalized spacial score (nSPS) is 10.8. The number of hydrogen-bond donors (Lipinski definition) is 1. The number of aromatic nitrogens is 2. The number of anilines is 1. The Morgan fingerprint density at radius 3 is 2.55 bits per heavy atom. The number of nitrogens with zero attached hydrogens (tertiary/aromatic N) is 2. The Morgan fingerprint density at radius 2 is 1.84 bits per heavy atom. The molecule has 0 aliphatic heterocycles. The molecule has 2 heterocycles. The van der Waals surface area contributed by atoms with Crippen LogP contribution in [0.2, 0.25) is 5.02 Å². The molecule has 4 rings (SSSR count).